The van der Waals surface area contributed by atoms with Gasteiger partial charge in [0.1, 0.15) is 5.65 Å². The van der Waals surface area contributed by atoms with E-state index < -0.39 is 0 Å². The maximum Gasteiger partial charge on any atom is 0.272 e. The fourth-order valence-corrected chi connectivity index (χ4v) is 5.35. The lowest BCUT2D eigenvalue weighted by Crippen LogP contribution is -2.56. The van der Waals surface area contributed by atoms with E-state index in [1.807, 2.05) is 36.7 Å². The maximum atomic E-state index is 13.1. The smallest absolute Gasteiger partial charge is 0.272 e. The molecule has 33 heavy (non-hydrogen) atoms. The first-order valence-electron chi connectivity index (χ1n) is 11.5. The molecule has 0 radical (unpaired) electrons. The van der Waals surface area contributed by atoms with E-state index >= 15 is 0 Å². The summed E-state index contributed by atoms with van der Waals surface area (Å²) in [5.74, 6) is 0.932. The monoisotopic (exact) mass is 443 g/mol. The number of aromatic amines is 2. The van der Waals surface area contributed by atoms with Gasteiger partial charge < -0.3 is 14.8 Å². The highest BCUT2D eigenvalue weighted by Crippen LogP contribution is 2.32. The van der Waals surface area contributed by atoms with Gasteiger partial charge in [-0.2, -0.15) is 10.1 Å². The molecule has 2 aliphatic heterocycles. The highest BCUT2D eigenvalue weighted by Gasteiger charge is 2.42. The van der Waals surface area contributed by atoms with Crippen LogP contribution >= 0.6 is 0 Å². The fourth-order valence-electron chi connectivity index (χ4n) is 5.35. The zero-order chi connectivity index (χ0) is 22.4. The molecule has 2 N–H and O–H groups in total. The van der Waals surface area contributed by atoms with Crippen LogP contribution < -0.4 is 10.5 Å². The number of carbonyl (C=O) groups excluding carboxylic acids is 1. The first-order chi connectivity index (χ1) is 16.2. The number of H-pyrrole nitrogens is 2. The van der Waals surface area contributed by atoms with Crippen LogP contribution in [0.15, 0.2) is 47.5 Å². The standard InChI is InChI=1S/C24H25N7O2/c32-21(7-3-6-20-18-4-1-2-5-19(18)23(33)29-28-20)31-16-8-9-17(31)14-30(13-16)24-26-12-15-10-11-25-22(15)27-24/h1-2,4-5,10-12,16-17H,3,6-9,13-14H2,(H,29,33)(H,25,26,27). The van der Waals surface area contributed by atoms with Gasteiger partial charge in [0.25, 0.3) is 5.56 Å². The van der Waals surface area contributed by atoms with Crippen LogP contribution in [0.1, 0.15) is 31.4 Å². The molecular weight excluding hydrogens is 418 g/mol. The van der Waals surface area contributed by atoms with E-state index in [1.165, 1.54) is 0 Å². The number of anilines is 1. The lowest BCUT2D eigenvalue weighted by Gasteiger charge is -2.41. The SMILES string of the molecule is O=C(CCCc1n[nH]c(=O)c2ccccc12)N1C2CCC1CN(c1ncc3cc[nH]c3n1)C2. The van der Waals surface area contributed by atoms with Gasteiger partial charge in [-0.15, -0.1) is 0 Å². The molecule has 2 fully saturated rings. The van der Waals surface area contributed by atoms with E-state index in [1.54, 1.807) is 6.07 Å². The van der Waals surface area contributed by atoms with Crippen molar-refractivity contribution < 1.29 is 4.79 Å². The molecule has 9 heteroatoms. The second-order valence-corrected chi connectivity index (χ2v) is 8.94. The summed E-state index contributed by atoms with van der Waals surface area (Å²) in [6, 6.07) is 9.84. The lowest BCUT2D eigenvalue weighted by molar-refractivity contribution is -0.134. The molecule has 0 aliphatic carbocycles. The summed E-state index contributed by atoms with van der Waals surface area (Å²) in [6.07, 6.45) is 7.59. The van der Waals surface area contributed by atoms with Crippen molar-refractivity contribution in [3.63, 3.8) is 0 Å². The van der Waals surface area contributed by atoms with Gasteiger partial charge in [0.05, 0.1) is 11.1 Å². The molecule has 2 aliphatic rings. The topological polar surface area (TPSA) is 111 Å². The number of hydrogen-bond acceptors (Lipinski definition) is 6. The van der Waals surface area contributed by atoms with Gasteiger partial charge in [-0.05, 0) is 37.8 Å². The summed E-state index contributed by atoms with van der Waals surface area (Å²) in [6.45, 7) is 1.53. The minimum atomic E-state index is -0.181. The Hall–Kier alpha value is -3.75. The van der Waals surface area contributed by atoms with E-state index in [0.717, 1.165) is 54.0 Å². The van der Waals surface area contributed by atoms with Crippen molar-refractivity contribution in [1.29, 1.82) is 0 Å². The third-order valence-corrected chi connectivity index (χ3v) is 6.92. The van der Waals surface area contributed by atoms with Gasteiger partial charge >= 0.3 is 0 Å². The predicted octanol–water partition coefficient (Wildman–Crippen LogP) is 2.40. The van der Waals surface area contributed by atoms with Gasteiger partial charge in [0.2, 0.25) is 11.9 Å². The van der Waals surface area contributed by atoms with Crippen molar-refractivity contribution >= 4 is 33.7 Å². The number of benzene rings is 1. The molecular formula is C24H25N7O2. The van der Waals surface area contributed by atoms with Crippen LogP contribution in [0.2, 0.25) is 0 Å². The number of piperazine rings is 1. The molecule has 2 saturated heterocycles. The highest BCUT2D eigenvalue weighted by molar-refractivity contribution is 5.83. The van der Waals surface area contributed by atoms with Crippen molar-refractivity contribution in [2.45, 2.75) is 44.2 Å². The van der Waals surface area contributed by atoms with Crippen LogP contribution in [0.25, 0.3) is 21.8 Å². The Bertz CT molecular complexity index is 1380. The van der Waals surface area contributed by atoms with Gasteiger partial charge in [0.15, 0.2) is 0 Å². The van der Waals surface area contributed by atoms with Crippen LogP contribution in [0, 0.1) is 0 Å². The summed E-state index contributed by atoms with van der Waals surface area (Å²) < 4.78 is 0. The molecule has 168 valence electrons. The van der Waals surface area contributed by atoms with Crippen LogP contribution in [0.5, 0.6) is 0 Å². The van der Waals surface area contributed by atoms with Gasteiger partial charge in [0, 0.05) is 54.8 Å². The lowest BCUT2D eigenvalue weighted by atomic mass is 10.1. The van der Waals surface area contributed by atoms with Crippen LogP contribution in [0.4, 0.5) is 5.95 Å². The first kappa shape index (κ1) is 19.9. The Morgan fingerprint density at radius 2 is 1.88 bits per heavy atom. The number of carbonyl (C=O) groups is 1. The summed E-state index contributed by atoms with van der Waals surface area (Å²) in [5.41, 5.74) is 1.50. The van der Waals surface area contributed by atoms with E-state index in [0.29, 0.717) is 24.6 Å². The molecule has 2 atom stereocenters. The first-order valence-corrected chi connectivity index (χ1v) is 11.5. The highest BCUT2D eigenvalue weighted by atomic mass is 16.2. The van der Waals surface area contributed by atoms with Crippen LogP contribution in [-0.2, 0) is 11.2 Å². The predicted molar refractivity (Wildman–Crippen MR) is 125 cm³/mol. The van der Waals surface area contributed by atoms with Gasteiger partial charge in [-0.25, -0.2) is 10.1 Å². The van der Waals surface area contributed by atoms with Gasteiger partial charge in [-0.3, -0.25) is 9.59 Å². The maximum absolute atomic E-state index is 13.1. The van der Waals surface area contributed by atoms with E-state index in [4.69, 9.17) is 0 Å². The van der Waals surface area contributed by atoms with Crippen molar-refractivity contribution in [1.82, 2.24) is 30.0 Å². The van der Waals surface area contributed by atoms with Crippen molar-refractivity contribution in [3.05, 3.63) is 58.8 Å². The molecule has 1 amide bonds. The van der Waals surface area contributed by atoms with E-state index in [9.17, 15) is 9.59 Å². The molecule has 2 bridgehead atoms. The number of nitrogens with one attached hydrogen (secondary N) is 2. The minimum Gasteiger partial charge on any atom is -0.346 e. The Morgan fingerprint density at radius 3 is 2.70 bits per heavy atom. The summed E-state index contributed by atoms with van der Waals surface area (Å²) >= 11 is 0. The molecule has 0 saturated carbocycles. The van der Waals surface area contributed by atoms with Crippen LogP contribution in [0.3, 0.4) is 0 Å². The number of nitrogens with zero attached hydrogens (tertiary/aromatic N) is 5. The average Bonchev–Trinajstić information content (AvgIpc) is 3.41. The fraction of sp³-hybridized carbons (Fsp3) is 0.375. The molecule has 1 aromatic carbocycles. The summed E-state index contributed by atoms with van der Waals surface area (Å²) in [7, 11) is 0. The zero-order valence-corrected chi connectivity index (χ0v) is 18.2. The number of rotatable bonds is 5. The normalized spacial score (nSPS) is 20.1. The van der Waals surface area contributed by atoms with Crippen molar-refractivity contribution in [3.8, 4) is 0 Å². The third kappa shape index (κ3) is 3.53. The molecule has 9 nitrogen and oxygen atoms in total. The largest absolute Gasteiger partial charge is 0.346 e. The molecule has 2 unspecified atom stereocenters. The zero-order valence-electron chi connectivity index (χ0n) is 18.2. The van der Waals surface area contributed by atoms with Crippen molar-refractivity contribution in [2.75, 3.05) is 18.0 Å². The van der Waals surface area contributed by atoms with Crippen molar-refractivity contribution in [2.24, 2.45) is 0 Å². The number of aryl methyl sites for hydroxylation is 1. The second-order valence-electron chi connectivity index (χ2n) is 8.94. The van der Waals surface area contributed by atoms with E-state index in [2.05, 4.69) is 34.9 Å². The molecule has 6 rings (SSSR count). The Kier molecular flexibility index (Phi) is 4.82. The molecule has 0 spiro atoms. The molecule has 5 heterocycles. The van der Waals surface area contributed by atoms with E-state index in [-0.39, 0.29) is 23.6 Å². The Morgan fingerprint density at radius 1 is 1.09 bits per heavy atom. The molecule has 3 aromatic heterocycles. The van der Waals surface area contributed by atoms with Crippen LogP contribution in [-0.4, -0.2) is 61.1 Å². The average molecular weight is 444 g/mol. The Labute approximate surface area is 189 Å². The van der Waals surface area contributed by atoms with Gasteiger partial charge in [-0.1, -0.05) is 18.2 Å². The quantitative estimate of drug-likeness (QED) is 0.490. The summed E-state index contributed by atoms with van der Waals surface area (Å²) in [4.78, 5) is 41.8. The number of hydrogen-bond donors (Lipinski definition) is 2. The number of aromatic nitrogens is 5. The minimum absolute atomic E-state index is 0.181. The molecule has 4 aromatic rings. The Balaban J connectivity index is 1.11. The third-order valence-electron chi connectivity index (χ3n) is 6.92. The second kappa shape index (κ2) is 7.99. The number of amides is 1. The number of fused-ring (bicyclic) bond motifs is 4. The summed E-state index contributed by atoms with van der Waals surface area (Å²) in [5, 5.41) is 9.32.